The van der Waals surface area contributed by atoms with E-state index >= 15 is 0 Å². The average Bonchev–Trinajstić information content (AvgIpc) is 3.09. The Hall–Kier alpha value is -1.61. The molecule has 0 radical (unpaired) electrons. The van der Waals surface area contributed by atoms with Crippen LogP contribution in [0.3, 0.4) is 0 Å². The molecule has 1 N–H and O–H groups in total. The molecule has 1 fully saturated rings. The molecule has 0 atom stereocenters. The van der Waals surface area contributed by atoms with Gasteiger partial charge in [0, 0.05) is 29.9 Å². The lowest BCUT2D eigenvalue weighted by atomic mass is 10.1. The molecule has 0 aromatic carbocycles. The molecule has 0 aliphatic heterocycles. The van der Waals surface area contributed by atoms with Gasteiger partial charge < -0.3 is 9.73 Å². The Bertz CT molecular complexity index is 474. The molecule has 0 spiro atoms. The zero-order valence-corrected chi connectivity index (χ0v) is 9.73. The Labute approximate surface area is 101 Å². The molecule has 0 saturated heterocycles. The lowest BCUT2D eigenvalue weighted by Crippen LogP contribution is -2.15. The average molecular weight is 228 g/mol. The van der Waals surface area contributed by atoms with Crippen LogP contribution in [0.5, 0.6) is 0 Å². The number of nitrogens with zero attached hydrogens (tertiary/aromatic N) is 1. The van der Waals surface area contributed by atoms with E-state index in [-0.39, 0.29) is 0 Å². The van der Waals surface area contributed by atoms with E-state index in [9.17, 15) is 0 Å². The van der Waals surface area contributed by atoms with Crippen LogP contribution in [0.2, 0.25) is 0 Å². The molecular weight excluding hydrogens is 212 g/mol. The summed E-state index contributed by atoms with van der Waals surface area (Å²) < 4.78 is 5.52. The summed E-state index contributed by atoms with van der Waals surface area (Å²) in [6.45, 7) is 0.833. The van der Waals surface area contributed by atoms with E-state index in [1.807, 2.05) is 30.5 Å². The third kappa shape index (κ3) is 2.74. The minimum absolute atomic E-state index is 0.711. The van der Waals surface area contributed by atoms with Gasteiger partial charge in [0.25, 0.3) is 0 Å². The molecule has 0 unspecified atom stereocenters. The van der Waals surface area contributed by atoms with Crippen LogP contribution < -0.4 is 5.32 Å². The van der Waals surface area contributed by atoms with Crippen molar-refractivity contribution in [2.24, 2.45) is 0 Å². The minimum atomic E-state index is 0.711. The lowest BCUT2D eigenvalue weighted by molar-refractivity contribution is 0.478. The van der Waals surface area contributed by atoms with E-state index in [0.29, 0.717) is 6.04 Å². The predicted octanol–water partition coefficient (Wildman–Crippen LogP) is 2.52. The molecule has 2 aromatic rings. The Morgan fingerprint density at radius 3 is 3.00 bits per heavy atom. The minimum Gasteiger partial charge on any atom is -0.468 e. The van der Waals surface area contributed by atoms with Gasteiger partial charge in [0.2, 0.25) is 0 Å². The summed E-state index contributed by atoms with van der Waals surface area (Å²) >= 11 is 0. The number of aromatic nitrogens is 1. The largest absolute Gasteiger partial charge is 0.468 e. The summed E-state index contributed by atoms with van der Waals surface area (Å²) in [7, 11) is 0. The fourth-order valence-electron chi connectivity index (χ4n) is 1.90. The van der Waals surface area contributed by atoms with Gasteiger partial charge in [-0.3, -0.25) is 4.98 Å². The molecular formula is C14H16N2O. The Morgan fingerprint density at radius 2 is 2.24 bits per heavy atom. The quantitative estimate of drug-likeness (QED) is 0.854. The van der Waals surface area contributed by atoms with Crippen LogP contribution in [0.15, 0.2) is 41.1 Å². The van der Waals surface area contributed by atoms with Gasteiger partial charge in [-0.05, 0) is 31.0 Å². The maximum atomic E-state index is 5.52. The van der Waals surface area contributed by atoms with Crippen molar-refractivity contribution < 1.29 is 4.42 Å². The first-order valence-corrected chi connectivity index (χ1v) is 6.10. The second-order valence-electron chi connectivity index (χ2n) is 4.52. The number of furan rings is 1. The van der Waals surface area contributed by atoms with Crippen LogP contribution in [0, 0.1) is 0 Å². The van der Waals surface area contributed by atoms with Crippen LogP contribution in [-0.4, -0.2) is 11.0 Å². The third-order valence-electron chi connectivity index (χ3n) is 3.06. The van der Waals surface area contributed by atoms with E-state index in [2.05, 4.69) is 10.3 Å². The fraction of sp³-hybridized carbons (Fsp3) is 0.357. The van der Waals surface area contributed by atoms with Gasteiger partial charge in [-0.25, -0.2) is 0 Å². The molecule has 2 aromatic heterocycles. The topological polar surface area (TPSA) is 38.1 Å². The van der Waals surface area contributed by atoms with Crippen molar-refractivity contribution in [1.82, 2.24) is 10.3 Å². The summed E-state index contributed by atoms with van der Waals surface area (Å²) in [6, 6.07) is 8.76. The van der Waals surface area contributed by atoms with E-state index < -0.39 is 0 Å². The van der Waals surface area contributed by atoms with E-state index in [1.54, 1.807) is 6.26 Å². The maximum Gasteiger partial charge on any atom is 0.121 e. The Kier molecular flexibility index (Phi) is 2.92. The highest BCUT2D eigenvalue weighted by Gasteiger charge is 2.21. The second kappa shape index (κ2) is 4.72. The molecule has 1 saturated carbocycles. The van der Waals surface area contributed by atoms with Crippen LogP contribution in [0.1, 0.15) is 29.9 Å². The first-order chi connectivity index (χ1) is 8.42. The zero-order valence-electron chi connectivity index (χ0n) is 9.73. The van der Waals surface area contributed by atoms with Crippen LogP contribution >= 0.6 is 0 Å². The molecule has 3 nitrogen and oxygen atoms in total. The summed E-state index contributed by atoms with van der Waals surface area (Å²) in [6.07, 6.45) is 7.05. The zero-order chi connectivity index (χ0) is 11.5. The van der Waals surface area contributed by atoms with Gasteiger partial charge in [0.05, 0.1) is 12.8 Å². The summed E-state index contributed by atoms with van der Waals surface area (Å²) in [5.74, 6) is 1.04. The fourth-order valence-corrected chi connectivity index (χ4v) is 1.90. The van der Waals surface area contributed by atoms with Crippen LogP contribution in [0.4, 0.5) is 0 Å². The molecule has 1 aliphatic rings. The first-order valence-electron chi connectivity index (χ1n) is 6.10. The van der Waals surface area contributed by atoms with Crippen LogP contribution in [0.25, 0.3) is 0 Å². The monoisotopic (exact) mass is 228 g/mol. The highest BCUT2D eigenvalue weighted by atomic mass is 16.3. The Balaban J connectivity index is 1.67. The second-order valence-corrected chi connectivity index (χ2v) is 4.52. The summed E-state index contributed by atoms with van der Waals surface area (Å²) in [5, 5.41) is 3.47. The molecule has 0 bridgehead atoms. The predicted molar refractivity (Wildman–Crippen MR) is 65.6 cm³/mol. The molecule has 17 heavy (non-hydrogen) atoms. The van der Waals surface area contributed by atoms with Gasteiger partial charge in [-0.2, -0.15) is 0 Å². The highest BCUT2D eigenvalue weighted by molar-refractivity contribution is 5.23. The lowest BCUT2D eigenvalue weighted by Gasteiger charge is -2.03. The molecule has 88 valence electrons. The van der Waals surface area contributed by atoms with Crippen molar-refractivity contribution in [3.63, 3.8) is 0 Å². The first kappa shape index (κ1) is 10.5. The molecule has 3 heteroatoms. The Morgan fingerprint density at radius 1 is 1.29 bits per heavy atom. The van der Waals surface area contributed by atoms with E-state index in [0.717, 1.165) is 24.4 Å². The SMILES string of the molecule is c1ccc(Cc2ccoc2CNC2CC2)nc1. The highest BCUT2D eigenvalue weighted by Crippen LogP contribution is 2.21. The maximum absolute atomic E-state index is 5.52. The number of pyridine rings is 1. The van der Waals surface area contributed by atoms with Gasteiger partial charge in [0.1, 0.15) is 5.76 Å². The van der Waals surface area contributed by atoms with Gasteiger partial charge in [-0.15, -0.1) is 0 Å². The van der Waals surface area contributed by atoms with Gasteiger partial charge in [-0.1, -0.05) is 6.07 Å². The number of hydrogen-bond donors (Lipinski definition) is 1. The van der Waals surface area contributed by atoms with Crippen molar-refractivity contribution in [2.75, 3.05) is 0 Å². The van der Waals surface area contributed by atoms with Crippen LogP contribution in [-0.2, 0) is 13.0 Å². The van der Waals surface area contributed by atoms with Crippen molar-refractivity contribution in [3.05, 3.63) is 53.7 Å². The normalized spacial score (nSPS) is 15.1. The molecule has 2 heterocycles. The van der Waals surface area contributed by atoms with Gasteiger partial charge in [0.15, 0.2) is 0 Å². The van der Waals surface area contributed by atoms with Crippen molar-refractivity contribution in [2.45, 2.75) is 31.8 Å². The summed E-state index contributed by atoms with van der Waals surface area (Å²) in [5.41, 5.74) is 2.32. The summed E-state index contributed by atoms with van der Waals surface area (Å²) in [4.78, 5) is 4.34. The van der Waals surface area contributed by atoms with Crippen molar-refractivity contribution in [1.29, 1.82) is 0 Å². The molecule has 1 aliphatic carbocycles. The number of hydrogen-bond acceptors (Lipinski definition) is 3. The third-order valence-corrected chi connectivity index (χ3v) is 3.06. The smallest absolute Gasteiger partial charge is 0.121 e. The number of nitrogens with one attached hydrogen (secondary N) is 1. The standard InChI is InChI=1S/C14H16N2O/c1-2-7-15-13(3-1)9-11-6-8-17-14(11)10-16-12-4-5-12/h1-3,6-8,12,16H,4-5,9-10H2. The molecule has 0 amide bonds. The van der Waals surface area contributed by atoms with Crippen molar-refractivity contribution >= 4 is 0 Å². The van der Waals surface area contributed by atoms with Gasteiger partial charge >= 0.3 is 0 Å². The van der Waals surface area contributed by atoms with E-state index in [4.69, 9.17) is 4.42 Å². The van der Waals surface area contributed by atoms with E-state index in [1.165, 1.54) is 18.4 Å². The number of rotatable bonds is 5. The van der Waals surface area contributed by atoms with Crippen molar-refractivity contribution in [3.8, 4) is 0 Å². The molecule has 3 rings (SSSR count).